The molecule has 1 amide bonds. The molecule has 0 N–H and O–H groups in total. The Balaban J connectivity index is 1.79. The van der Waals surface area contributed by atoms with Gasteiger partial charge in [0.1, 0.15) is 0 Å². The van der Waals surface area contributed by atoms with Gasteiger partial charge < -0.3 is 14.5 Å². The van der Waals surface area contributed by atoms with E-state index in [-0.39, 0.29) is 17.1 Å². The van der Waals surface area contributed by atoms with Gasteiger partial charge in [0.15, 0.2) is 5.78 Å². The molecule has 1 aliphatic carbocycles. The number of ether oxygens (including phenoxy) is 1. The van der Waals surface area contributed by atoms with Crippen LogP contribution in [0.4, 0.5) is 5.69 Å². The monoisotopic (exact) mass is 542 g/mol. The second-order valence-corrected chi connectivity index (χ2v) is 12.1. The number of allylic oxidation sites excluding steroid dienone is 1. The number of Topliss-reactive ketones (excluding diaryl/α,β-unsaturated/α-hetero) is 1. The molecular weight excluding hydrogens is 507 g/mol. The Hall–Kier alpha value is -2.18. The Morgan fingerprint density at radius 2 is 1.89 bits per heavy atom. The van der Waals surface area contributed by atoms with Crippen LogP contribution in [0.25, 0.3) is 0 Å². The molecule has 1 unspecified atom stereocenters. The SMILES string of the molecule is CC(=O)N1c2ccc(COCCCN(C)C)cc2CC2=C(C(=O)CC(C)(C)C2)C1c1ccc(Cl)cc1Cl. The predicted octanol–water partition coefficient (Wildman–Crippen LogP) is 6.80. The van der Waals surface area contributed by atoms with Crippen LogP contribution in [0.1, 0.15) is 62.8 Å². The van der Waals surface area contributed by atoms with E-state index in [0.29, 0.717) is 47.2 Å². The average Bonchev–Trinajstić information content (AvgIpc) is 2.91. The highest BCUT2D eigenvalue weighted by Crippen LogP contribution is 2.49. The van der Waals surface area contributed by atoms with Crippen LogP contribution in [0, 0.1) is 5.41 Å². The Morgan fingerprint density at radius 3 is 2.57 bits per heavy atom. The number of halogens is 2. The van der Waals surface area contributed by atoms with Crippen LogP contribution in [0.15, 0.2) is 47.5 Å². The summed E-state index contributed by atoms with van der Waals surface area (Å²) < 4.78 is 5.94. The number of hydrogen-bond donors (Lipinski definition) is 0. The normalized spacial score (nSPS) is 19.1. The van der Waals surface area contributed by atoms with Crippen molar-refractivity contribution < 1.29 is 14.3 Å². The minimum Gasteiger partial charge on any atom is -0.377 e. The third-order valence-electron chi connectivity index (χ3n) is 7.11. The van der Waals surface area contributed by atoms with Gasteiger partial charge in [-0.25, -0.2) is 0 Å². The Labute approximate surface area is 230 Å². The van der Waals surface area contributed by atoms with Crippen molar-refractivity contribution in [2.75, 3.05) is 32.1 Å². The second-order valence-electron chi connectivity index (χ2n) is 11.3. The molecule has 37 heavy (non-hydrogen) atoms. The fourth-order valence-corrected chi connectivity index (χ4v) is 6.12. The molecule has 198 valence electrons. The summed E-state index contributed by atoms with van der Waals surface area (Å²) in [5, 5.41) is 0.956. The van der Waals surface area contributed by atoms with E-state index in [1.165, 1.54) is 0 Å². The highest BCUT2D eigenvalue weighted by molar-refractivity contribution is 6.35. The molecule has 0 aromatic heterocycles. The van der Waals surface area contributed by atoms with Crippen LogP contribution >= 0.6 is 23.2 Å². The summed E-state index contributed by atoms with van der Waals surface area (Å²) in [6, 6.07) is 10.8. The van der Waals surface area contributed by atoms with Crippen molar-refractivity contribution in [2.45, 2.75) is 59.1 Å². The molecule has 0 saturated carbocycles. The van der Waals surface area contributed by atoms with Crippen molar-refractivity contribution in [3.63, 3.8) is 0 Å². The van der Waals surface area contributed by atoms with Gasteiger partial charge in [-0.3, -0.25) is 9.59 Å². The smallest absolute Gasteiger partial charge is 0.224 e. The molecule has 0 bridgehead atoms. The molecule has 5 nitrogen and oxygen atoms in total. The molecule has 0 fully saturated rings. The van der Waals surface area contributed by atoms with Gasteiger partial charge >= 0.3 is 0 Å². The zero-order valence-electron chi connectivity index (χ0n) is 22.4. The molecule has 2 aromatic rings. The van der Waals surface area contributed by atoms with E-state index in [1.54, 1.807) is 24.0 Å². The minimum atomic E-state index is -0.602. The Bertz CT molecular complexity index is 1240. The van der Waals surface area contributed by atoms with Crippen LogP contribution in [-0.2, 0) is 27.4 Å². The molecule has 2 aliphatic rings. The first kappa shape index (κ1) is 27.8. The summed E-state index contributed by atoms with van der Waals surface area (Å²) in [4.78, 5) is 30.9. The van der Waals surface area contributed by atoms with Gasteiger partial charge in [0.05, 0.1) is 12.6 Å². The van der Waals surface area contributed by atoms with E-state index >= 15 is 0 Å². The van der Waals surface area contributed by atoms with Crippen LogP contribution < -0.4 is 4.90 Å². The van der Waals surface area contributed by atoms with Crippen LogP contribution in [0.3, 0.4) is 0 Å². The minimum absolute atomic E-state index is 0.0748. The standard InChI is InChI=1S/C30H36Cl2N2O3/c1-19(35)34-26-10-7-20(18-37-12-6-11-33(4)5)13-21(26)14-22-16-30(2,3)17-27(36)28(22)29(34)24-9-8-23(31)15-25(24)32/h7-10,13,15,29H,6,11-12,14,16-18H2,1-5H3. The summed E-state index contributed by atoms with van der Waals surface area (Å²) in [5.74, 6) is -0.0675. The number of hydrogen-bond acceptors (Lipinski definition) is 4. The van der Waals surface area contributed by atoms with E-state index in [9.17, 15) is 9.59 Å². The zero-order valence-corrected chi connectivity index (χ0v) is 23.9. The summed E-state index contributed by atoms with van der Waals surface area (Å²) in [6.07, 6.45) is 2.79. The summed E-state index contributed by atoms with van der Waals surface area (Å²) in [5.41, 5.74) is 5.21. The van der Waals surface area contributed by atoms with Crippen LogP contribution in [0.5, 0.6) is 0 Å². The number of nitrogens with zero attached hydrogens (tertiary/aromatic N) is 2. The highest BCUT2D eigenvalue weighted by atomic mass is 35.5. The summed E-state index contributed by atoms with van der Waals surface area (Å²) in [7, 11) is 4.11. The van der Waals surface area contributed by atoms with Crippen molar-refractivity contribution in [3.8, 4) is 0 Å². The number of rotatable bonds is 7. The topological polar surface area (TPSA) is 49.9 Å². The first-order valence-electron chi connectivity index (χ1n) is 12.8. The molecule has 0 saturated heterocycles. The van der Waals surface area contributed by atoms with E-state index in [4.69, 9.17) is 27.9 Å². The molecule has 1 heterocycles. The number of amides is 1. The maximum Gasteiger partial charge on any atom is 0.224 e. The van der Waals surface area contributed by atoms with Crippen LogP contribution in [0.2, 0.25) is 10.0 Å². The second kappa shape index (κ2) is 11.3. The fourth-order valence-electron chi connectivity index (χ4n) is 5.61. The molecule has 2 aromatic carbocycles. The zero-order chi connectivity index (χ0) is 26.9. The third kappa shape index (κ3) is 6.28. The van der Waals surface area contributed by atoms with Gasteiger partial charge in [-0.2, -0.15) is 0 Å². The molecule has 4 rings (SSSR count). The lowest BCUT2D eigenvalue weighted by molar-refractivity contribution is -0.118. The molecule has 7 heteroatoms. The number of carbonyl (C=O) groups excluding carboxylic acids is 2. The van der Waals surface area contributed by atoms with Gasteiger partial charge in [0, 0.05) is 41.3 Å². The number of carbonyl (C=O) groups is 2. The van der Waals surface area contributed by atoms with E-state index in [1.807, 2.05) is 18.2 Å². The maximum absolute atomic E-state index is 13.7. The van der Waals surface area contributed by atoms with Crippen molar-refractivity contribution in [3.05, 3.63) is 74.3 Å². The third-order valence-corrected chi connectivity index (χ3v) is 7.67. The predicted molar refractivity (Wildman–Crippen MR) is 150 cm³/mol. The molecule has 1 atom stereocenters. The molecule has 1 aliphatic heterocycles. The summed E-state index contributed by atoms with van der Waals surface area (Å²) >= 11 is 12.9. The molecular formula is C30H36Cl2N2O3. The lowest BCUT2D eigenvalue weighted by Gasteiger charge is -2.37. The van der Waals surface area contributed by atoms with E-state index < -0.39 is 6.04 Å². The average molecular weight is 544 g/mol. The maximum atomic E-state index is 13.7. The summed E-state index contributed by atoms with van der Waals surface area (Å²) in [6.45, 7) is 7.98. The molecule has 0 spiro atoms. The quantitative estimate of drug-likeness (QED) is 0.361. The van der Waals surface area contributed by atoms with Gasteiger partial charge in [0.25, 0.3) is 0 Å². The Kier molecular flexibility index (Phi) is 8.49. The van der Waals surface area contributed by atoms with Gasteiger partial charge in [-0.15, -0.1) is 0 Å². The lowest BCUT2D eigenvalue weighted by atomic mass is 9.70. The van der Waals surface area contributed by atoms with Crippen molar-refractivity contribution in [2.24, 2.45) is 5.41 Å². The van der Waals surface area contributed by atoms with Crippen molar-refractivity contribution >= 4 is 40.6 Å². The lowest BCUT2D eigenvalue weighted by Crippen LogP contribution is -2.38. The van der Waals surface area contributed by atoms with Gasteiger partial charge in [0.2, 0.25) is 5.91 Å². The molecule has 0 radical (unpaired) electrons. The van der Waals surface area contributed by atoms with Crippen molar-refractivity contribution in [1.82, 2.24) is 4.90 Å². The number of benzene rings is 2. The highest BCUT2D eigenvalue weighted by Gasteiger charge is 2.42. The largest absolute Gasteiger partial charge is 0.377 e. The van der Waals surface area contributed by atoms with E-state index in [2.05, 4.69) is 38.9 Å². The first-order chi connectivity index (χ1) is 17.5. The first-order valence-corrected chi connectivity index (χ1v) is 13.6. The van der Waals surface area contributed by atoms with Crippen LogP contribution in [-0.4, -0.2) is 43.8 Å². The van der Waals surface area contributed by atoms with Gasteiger partial charge in [-0.05, 0) is 80.2 Å². The number of anilines is 1. The van der Waals surface area contributed by atoms with E-state index in [0.717, 1.165) is 41.8 Å². The number of ketones is 1. The van der Waals surface area contributed by atoms with Crippen molar-refractivity contribution in [1.29, 1.82) is 0 Å². The Morgan fingerprint density at radius 1 is 1.14 bits per heavy atom. The van der Waals surface area contributed by atoms with Gasteiger partial charge in [-0.1, -0.05) is 60.8 Å². The number of fused-ring (bicyclic) bond motifs is 1. The fraction of sp³-hybridized carbons (Fsp3) is 0.467.